The third kappa shape index (κ3) is 3.69. The zero-order valence-corrected chi connectivity index (χ0v) is 20.3. The molecule has 6 aromatic rings. The first-order valence-corrected chi connectivity index (χ1v) is 12.3. The van der Waals surface area contributed by atoms with Crippen LogP contribution >= 0.6 is 0 Å². The Labute approximate surface area is 212 Å². The third-order valence-electron chi connectivity index (χ3n) is 6.93. The van der Waals surface area contributed by atoms with Crippen LogP contribution in [0.2, 0.25) is 0 Å². The molecule has 0 radical (unpaired) electrons. The summed E-state index contributed by atoms with van der Waals surface area (Å²) in [5, 5.41) is 18.0. The zero-order valence-electron chi connectivity index (χ0n) is 20.3. The highest BCUT2D eigenvalue weighted by Gasteiger charge is 2.23. The van der Waals surface area contributed by atoms with Crippen LogP contribution in [0.3, 0.4) is 0 Å². The maximum Gasteiger partial charge on any atom is 0.165 e. The van der Waals surface area contributed by atoms with Gasteiger partial charge in [0.25, 0.3) is 0 Å². The van der Waals surface area contributed by atoms with Gasteiger partial charge in [-0.1, -0.05) is 29.0 Å². The molecule has 0 amide bonds. The number of nitrogens with two attached hydrogens (primary N) is 1. The lowest BCUT2D eigenvalue weighted by Crippen LogP contribution is -2.30. The Morgan fingerprint density at radius 2 is 2.03 bits per heavy atom. The molecular weight excluding hydrogens is 466 g/mol. The molecule has 0 unspecified atom stereocenters. The molecule has 7 rings (SSSR count). The average Bonchev–Trinajstić information content (AvgIpc) is 3.67. The quantitative estimate of drug-likeness (QED) is 0.376. The lowest BCUT2D eigenvalue weighted by Gasteiger charge is -2.16. The van der Waals surface area contributed by atoms with Crippen molar-refractivity contribution in [1.29, 1.82) is 0 Å². The SMILES string of the molecule is Cc1ccc2ncc(-c3cnn4c(N)c(-n5nnc6ccccc65)c(CN[C@H]5CCOC5)nc34)cc2c1. The fraction of sp³-hybridized carbons (Fsp3) is 0.222. The highest BCUT2D eigenvalue weighted by molar-refractivity contribution is 5.88. The van der Waals surface area contributed by atoms with Crippen LogP contribution in [0.1, 0.15) is 17.7 Å². The van der Waals surface area contributed by atoms with Gasteiger partial charge in [0, 0.05) is 41.9 Å². The van der Waals surface area contributed by atoms with E-state index in [0.29, 0.717) is 30.3 Å². The van der Waals surface area contributed by atoms with E-state index >= 15 is 0 Å². The molecule has 1 fully saturated rings. The number of nitrogens with zero attached hydrogens (tertiary/aromatic N) is 7. The number of ether oxygens (including phenoxy) is 1. The molecule has 5 heterocycles. The molecule has 0 saturated carbocycles. The van der Waals surface area contributed by atoms with Crippen LogP contribution < -0.4 is 11.1 Å². The largest absolute Gasteiger partial charge is 0.382 e. The summed E-state index contributed by atoms with van der Waals surface area (Å²) in [6.45, 7) is 4.01. The molecular formula is C27H25N9O. The lowest BCUT2D eigenvalue weighted by molar-refractivity contribution is 0.189. The number of anilines is 1. The summed E-state index contributed by atoms with van der Waals surface area (Å²) in [5.41, 5.74) is 14.4. The molecule has 1 saturated heterocycles. The Morgan fingerprint density at radius 1 is 1.11 bits per heavy atom. The van der Waals surface area contributed by atoms with Gasteiger partial charge in [-0.2, -0.15) is 9.61 Å². The normalized spacial score (nSPS) is 15.9. The molecule has 4 aromatic heterocycles. The zero-order chi connectivity index (χ0) is 24.9. The number of rotatable bonds is 5. The second-order valence-electron chi connectivity index (χ2n) is 9.44. The van der Waals surface area contributed by atoms with Crippen molar-refractivity contribution in [3.8, 4) is 16.8 Å². The monoisotopic (exact) mass is 491 g/mol. The van der Waals surface area contributed by atoms with E-state index in [0.717, 1.165) is 51.8 Å². The van der Waals surface area contributed by atoms with Gasteiger partial charge in [0.15, 0.2) is 11.5 Å². The number of fused-ring (bicyclic) bond motifs is 3. The first kappa shape index (κ1) is 21.8. The van der Waals surface area contributed by atoms with Gasteiger partial charge in [0.2, 0.25) is 0 Å². The average molecular weight is 492 g/mol. The van der Waals surface area contributed by atoms with Gasteiger partial charge in [-0.3, -0.25) is 4.98 Å². The molecule has 1 aliphatic rings. The van der Waals surface area contributed by atoms with Gasteiger partial charge in [-0.05, 0) is 43.7 Å². The van der Waals surface area contributed by atoms with E-state index in [-0.39, 0.29) is 6.04 Å². The summed E-state index contributed by atoms with van der Waals surface area (Å²) in [4.78, 5) is 9.76. The summed E-state index contributed by atoms with van der Waals surface area (Å²) in [7, 11) is 0. The number of aromatic nitrogens is 7. The number of pyridine rings is 1. The topological polar surface area (TPSA) is 121 Å². The smallest absolute Gasteiger partial charge is 0.165 e. The molecule has 1 aliphatic heterocycles. The summed E-state index contributed by atoms with van der Waals surface area (Å²) >= 11 is 0. The van der Waals surface area contributed by atoms with Crippen molar-refractivity contribution in [2.75, 3.05) is 18.9 Å². The Hall–Kier alpha value is -4.41. The molecule has 0 aliphatic carbocycles. The standard InChI is InChI=1S/C27H25N9O/c1-16-6-7-21-17(10-16)11-18(12-30-21)20-13-31-36-26(28)25(35-24-5-3-2-4-22(24)33-34-35)23(32-27(20)36)14-29-19-8-9-37-15-19/h2-7,10-13,19,29H,8-9,14-15,28H2,1H3/t19-/m0/s1. The van der Waals surface area contributed by atoms with Crippen LogP contribution in [-0.4, -0.2) is 53.8 Å². The Balaban J connectivity index is 1.41. The fourth-order valence-corrected chi connectivity index (χ4v) is 4.98. The van der Waals surface area contributed by atoms with Crippen LogP contribution in [0, 0.1) is 6.92 Å². The summed E-state index contributed by atoms with van der Waals surface area (Å²) < 4.78 is 8.97. The minimum atomic E-state index is 0.261. The Bertz CT molecular complexity index is 1780. The van der Waals surface area contributed by atoms with E-state index in [1.54, 1.807) is 15.4 Å². The second kappa shape index (κ2) is 8.61. The molecule has 3 N–H and O–H groups in total. The molecule has 10 nitrogen and oxygen atoms in total. The van der Waals surface area contributed by atoms with Gasteiger partial charge >= 0.3 is 0 Å². The maximum atomic E-state index is 6.79. The van der Waals surface area contributed by atoms with Crippen molar-refractivity contribution >= 4 is 33.4 Å². The number of benzene rings is 2. The first-order chi connectivity index (χ1) is 18.2. The Kier molecular flexibility index (Phi) is 5.08. The molecule has 2 aromatic carbocycles. The van der Waals surface area contributed by atoms with Crippen molar-refractivity contribution in [2.45, 2.75) is 25.9 Å². The van der Waals surface area contributed by atoms with E-state index in [2.05, 4.69) is 50.8 Å². The number of hydrogen-bond donors (Lipinski definition) is 2. The third-order valence-corrected chi connectivity index (χ3v) is 6.93. The molecule has 0 bridgehead atoms. The predicted molar refractivity (Wildman–Crippen MR) is 141 cm³/mol. The summed E-state index contributed by atoms with van der Waals surface area (Å²) in [6, 6.07) is 16.4. The number of nitrogen functional groups attached to an aromatic ring is 1. The molecule has 184 valence electrons. The molecule has 10 heteroatoms. The molecule has 0 spiro atoms. The Morgan fingerprint density at radius 3 is 2.92 bits per heavy atom. The number of aryl methyl sites for hydroxylation is 1. The highest BCUT2D eigenvalue weighted by Crippen LogP contribution is 2.31. The van der Waals surface area contributed by atoms with E-state index < -0.39 is 0 Å². The minimum absolute atomic E-state index is 0.261. The van der Waals surface area contributed by atoms with Crippen molar-refractivity contribution < 1.29 is 4.74 Å². The van der Waals surface area contributed by atoms with Crippen LogP contribution in [-0.2, 0) is 11.3 Å². The van der Waals surface area contributed by atoms with E-state index in [1.807, 2.05) is 36.5 Å². The summed E-state index contributed by atoms with van der Waals surface area (Å²) in [6.07, 6.45) is 4.61. The number of para-hydroxylation sites is 1. The van der Waals surface area contributed by atoms with Crippen molar-refractivity contribution in [2.24, 2.45) is 0 Å². The van der Waals surface area contributed by atoms with Gasteiger partial charge in [-0.15, -0.1) is 5.10 Å². The van der Waals surface area contributed by atoms with Crippen molar-refractivity contribution in [1.82, 2.24) is 39.9 Å². The lowest BCUT2D eigenvalue weighted by atomic mass is 10.1. The maximum absolute atomic E-state index is 6.79. The van der Waals surface area contributed by atoms with Crippen LogP contribution in [0.5, 0.6) is 0 Å². The van der Waals surface area contributed by atoms with Gasteiger partial charge in [0.05, 0.1) is 29.5 Å². The summed E-state index contributed by atoms with van der Waals surface area (Å²) in [5.74, 6) is 0.441. The number of nitrogens with one attached hydrogen (secondary N) is 1. The van der Waals surface area contributed by atoms with Crippen LogP contribution in [0.4, 0.5) is 5.82 Å². The molecule has 1 atom stereocenters. The van der Waals surface area contributed by atoms with E-state index in [9.17, 15) is 0 Å². The fourth-order valence-electron chi connectivity index (χ4n) is 4.98. The molecule has 37 heavy (non-hydrogen) atoms. The van der Waals surface area contributed by atoms with E-state index in [1.165, 1.54) is 5.56 Å². The van der Waals surface area contributed by atoms with Crippen molar-refractivity contribution in [3.63, 3.8) is 0 Å². The van der Waals surface area contributed by atoms with Crippen LogP contribution in [0.25, 0.3) is 44.4 Å². The van der Waals surface area contributed by atoms with Crippen LogP contribution in [0.15, 0.2) is 60.9 Å². The van der Waals surface area contributed by atoms with E-state index in [4.69, 9.17) is 15.5 Å². The predicted octanol–water partition coefficient (Wildman–Crippen LogP) is 3.45. The van der Waals surface area contributed by atoms with Gasteiger partial charge in [-0.25, -0.2) is 9.67 Å². The highest BCUT2D eigenvalue weighted by atomic mass is 16.5. The first-order valence-electron chi connectivity index (χ1n) is 12.3. The van der Waals surface area contributed by atoms with Gasteiger partial charge < -0.3 is 15.8 Å². The second-order valence-corrected chi connectivity index (χ2v) is 9.44. The minimum Gasteiger partial charge on any atom is -0.382 e. The van der Waals surface area contributed by atoms with Crippen molar-refractivity contribution in [3.05, 3.63) is 72.2 Å². The number of hydrogen-bond acceptors (Lipinski definition) is 8. The van der Waals surface area contributed by atoms with Gasteiger partial charge in [0.1, 0.15) is 11.2 Å².